The molecule has 34 heavy (non-hydrogen) atoms. The fourth-order valence-corrected chi connectivity index (χ4v) is 3.60. The molecule has 0 aliphatic carbocycles. The van der Waals surface area contributed by atoms with E-state index < -0.39 is 0 Å². The van der Waals surface area contributed by atoms with Crippen molar-refractivity contribution in [1.29, 1.82) is 0 Å². The van der Waals surface area contributed by atoms with Crippen molar-refractivity contribution in [3.63, 3.8) is 0 Å². The van der Waals surface area contributed by atoms with Gasteiger partial charge < -0.3 is 25.4 Å². The van der Waals surface area contributed by atoms with Gasteiger partial charge in [0.25, 0.3) is 5.91 Å². The summed E-state index contributed by atoms with van der Waals surface area (Å²) in [5.41, 5.74) is 2.79. The Labute approximate surface area is 197 Å². The van der Waals surface area contributed by atoms with Crippen LogP contribution in [0.4, 0.5) is 11.4 Å². The highest BCUT2D eigenvalue weighted by molar-refractivity contribution is 6.06. The maximum atomic E-state index is 12.7. The smallest absolute Gasteiger partial charge is 0.253 e. The number of hydrogen-bond donors (Lipinski definition) is 3. The Morgan fingerprint density at radius 3 is 2.32 bits per heavy atom. The molecule has 0 saturated heterocycles. The summed E-state index contributed by atoms with van der Waals surface area (Å²) in [6.07, 6.45) is 0.721. The number of benzene rings is 3. The van der Waals surface area contributed by atoms with Crippen LogP contribution in [-0.4, -0.2) is 37.5 Å². The van der Waals surface area contributed by atoms with Gasteiger partial charge in [-0.2, -0.15) is 0 Å². The predicted octanol–water partition coefficient (Wildman–Crippen LogP) is 3.64. The molecule has 0 saturated carbocycles. The Kier molecular flexibility index (Phi) is 7.07. The van der Waals surface area contributed by atoms with Crippen LogP contribution < -0.4 is 25.4 Å². The van der Waals surface area contributed by atoms with E-state index in [4.69, 9.17) is 9.47 Å². The SMILES string of the molecule is CC(=O)c1cc2c(cc1NC(=O)CNc1ccccc1C(=O)NCCc1ccccc1)OCO2. The van der Waals surface area contributed by atoms with Crippen LogP contribution in [0.15, 0.2) is 66.7 Å². The van der Waals surface area contributed by atoms with E-state index in [2.05, 4.69) is 16.0 Å². The number of Topliss-reactive ketones (excluding diaryl/α,β-unsaturated/α-hetero) is 1. The second kappa shape index (κ2) is 10.5. The van der Waals surface area contributed by atoms with Crippen molar-refractivity contribution in [2.24, 2.45) is 0 Å². The number of carbonyl (C=O) groups is 3. The van der Waals surface area contributed by atoms with Crippen LogP contribution in [0.5, 0.6) is 11.5 Å². The summed E-state index contributed by atoms with van der Waals surface area (Å²) < 4.78 is 10.6. The fourth-order valence-electron chi connectivity index (χ4n) is 3.60. The minimum absolute atomic E-state index is 0.0653. The molecule has 0 spiro atoms. The molecule has 0 aromatic heterocycles. The van der Waals surface area contributed by atoms with Crippen molar-refractivity contribution >= 4 is 29.0 Å². The fraction of sp³-hybridized carbons (Fsp3) is 0.192. The van der Waals surface area contributed by atoms with E-state index in [9.17, 15) is 14.4 Å². The summed E-state index contributed by atoms with van der Waals surface area (Å²) in [6, 6.07) is 20.0. The molecule has 4 rings (SSSR count). The van der Waals surface area contributed by atoms with Crippen molar-refractivity contribution in [2.75, 3.05) is 30.5 Å². The summed E-state index contributed by atoms with van der Waals surface area (Å²) in [6.45, 7) is 1.88. The third-order valence-corrected chi connectivity index (χ3v) is 5.32. The van der Waals surface area contributed by atoms with Gasteiger partial charge in [-0.1, -0.05) is 42.5 Å². The number of nitrogens with one attached hydrogen (secondary N) is 3. The monoisotopic (exact) mass is 459 g/mol. The lowest BCUT2D eigenvalue weighted by Crippen LogP contribution is -2.28. The van der Waals surface area contributed by atoms with Gasteiger partial charge in [-0.05, 0) is 37.1 Å². The molecule has 3 aromatic carbocycles. The molecule has 0 unspecified atom stereocenters. The molecule has 8 nitrogen and oxygen atoms in total. The Morgan fingerprint density at radius 1 is 0.853 bits per heavy atom. The zero-order chi connectivity index (χ0) is 23.9. The van der Waals surface area contributed by atoms with E-state index in [1.807, 2.05) is 30.3 Å². The minimum atomic E-state index is -0.374. The molecular weight excluding hydrogens is 434 g/mol. The number of ketones is 1. The van der Waals surface area contributed by atoms with Crippen molar-refractivity contribution < 1.29 is 23.9 Å². The molecule has 1 aliphatic heterocycles. The number of para-hydroxylation sites is 1. The lowest BCUT2D eigenvalue weighted by atomic mass is 10.1. The first-order chi connectivity index (χ1) is 16.5. The van der Waals surface area contributed by atoms with E-state index in [0.29, 0.717) is 40.5 Å². The van der Waals surface area contributed by atoms with Gasteiger partial charge in [-0.25, -0.2) is 0 Å². The first-order valence-corrected chi connectivity index (χ1v) is 10.9. The molecule has 174 valence electrons. The minimum Gasteiger partial charge on any atom is -0.454 e. The van der Waals surface area contributed by atoms with Gasteiger partial charge in [0.15, 0.2) is 17.3 Å². The molecular formula is C26H25N3O5. The van der Waals surface area contributed by atoms with Crippen LogP contribution in [0.2, 0.25) is 0 Å². The lowest BCUT2D eigenvalue weighted by molar-refractivity contribution is -0.114. The van der Waals surface area contributed by atoms with Crippen LogP contribution in [-0.2, 0) is 11.2 Å². The number of ether oxygens (including phenoxy) is 2. The number of amides is 2. The lowest BCUT2D eigenvalue weighted by Gasteiger charge is -2.14. The average molecular weight is 460 g/mol. The first-order valence-electron chi connectivity index (χ1n) is 10.9. The van der Waals surface area contributed by atoms with Gasteiger partial charge >= 0.3 is 0 Å². The third-order valence-electron chi connectivity index (χ3n) is 5.32. The maximum Gasteiger partial charge on any atom is 0.253 e. The highest BCUT2D eigenvalue weighted by Gasteiger charge is 2.20. The number of anilines is 2. The van der Waals surface area contributed by atoms with Crippen molar-refractivity contribution in [3.05, 3.63) is 83.4 Å². The summed E-state index contributed by atoms with van der Waals surface area (Å²) >= 11 is 0. The molecule has 3 aromatic rings. The molecule has 0 radical (unpaired) electrons. The molecule has 3 N–H and O–H groups in total. The van der Waals surface area contributed by atoms with Crippen molar-refractivity contribution in [3.8, 4) is 11.5 Å². The quantitative estimate of drug-likeness (QED) is 0.422. The molecule has 1 aliphatic rings. The van der Waals surface area contributed by atoms with E-state index in [1.165, 1.54) is 6.92 Å². The second-order valence-electron chi connectivity index (χ2n) is 7.75. The highest BCUT2D eigenvalue weighted by Crippen LogP contribution is 2.37. The van der Waals surface area contributed by atoms with E-state index >= 15 is 0 Å². The van der Waals surface area contributed by atoms with Gasteiger partial charge in [0.2, 0.25) is 12.7 Å². The maximum absolute atomic E-state index is 12.7. The van der Waals surface area contributed by atoms with Gasteiger partial charge in [0.1, 0.15) is 0 Å². The molecule has 2 amide bonds. The highest BCUT2D eigenvalue weighted by atomic mass is 16.7. The standard InChI is InChI=1S/C26H25N3O5/c1-17(30)20-13-23-24(34-16-33-23)14-22(20)29-25(31)15-28-21-10-6-5-9-19(21)26(32)27-12-11-18-7-3-2-4-8-18/h2-10,13-14,28H,11-12,15-16H2,1H3,(H,27,32)(H,29,31). The zero-order valence-electron chi connectivity index (χ0n) is 18.7. The predicted molar refractivity (Wildman–Crippen MR) is 129 cm³/mol. The van der Waals surface area contributed by atoms with Crippen LogP contribution in [0.3, 0.4) is 0 Å². The number of fused-ring (bicyclic) bond motifs is 1. The second-order valence-corrected chi connectivity index (χ2v) is 7.75. The van der Waals surface area contributed by atoms with Gasteiger partial charge in [-0.15, -0.1) is 0 Å². The summed E-state index contributed by atoms with van der Waals surface area (Å²) in [4.78, 5) is 37.3. The normalized spacial score (nSPS) is 11.6. The van der Waals surface area contributed by atoms with Crippen molar-refractivity contribution in [2.45, 2.75) is 13.3 Å². The van der Waals surface area contributed by atoms with E-state index in [0.717, 1.165) is 12.0 Å². The molecule has 0 bridgehead atoms. The van der Waals surface area contributed by atoms with Gasteiger partial charge in [0, 0.05) is 23.9 Å². The largest absolute Gasteiger partial charge is 0.454 e. The first kappa shape index (κ1) is 22.8. The van der Waals surface area contributed by atoms with Crippen LogP contribution in [0, 0.1) is 0 Å². The summed E-state index contributed by atoms with van der Waals surface area (Å²) in [5, 5.41) is 8.66. The topological polar surface area (TPSA) is 106 Å². The Morgan fingerprint density at radius 2 is 1.56 bits per heavy atom. The number of carbonyl (C=O) groups excluding carboxylic acids is 3. The van der Waals surface area contributed by atoms with E-state index in [-0.39, 0.29) is 30.9 Å². The molecule has 8 heteroatoms. The summed E-state index contributed by atoms with van der Waals surface area (Å²) in [7, 11) is 0. The summed E-state index contributed by atoms with van der Waals surface area (Å²) in [5.74, 6) is 0.119. The van der Waals surface area contributed by atoms with Crippen LogP contribution in [0.1, 0.15) is 33.2 Å². The Balaban J connectivity index is 1.36. The van der Waals surface area contributed by atoms with E-state index in [1.54, 1.807) is 36.4 Å². The molecule has 0 fully saturated rings. The zero-order valence-corrected chi connectivity index (χ0v) is 18.7. The number of rotatable bonds is 9. The third kappa shape index (κ3) is 5.53. The Bertz CT molecular complexity index is 1210. The van der Waals surface area contributed by atoms with Crippen LogP contribution >= 0.6 is 0 Å². The average Bonchev–Trinajstić information content (AvgIpc) is 3.30. The molecule has 0 atom stereocenters. The Hall–Kier alpha value is -4.33. The van der Waals surface area contributed by atoms with Gasteiger partial charge in [-0.3, -0.25) is 14.4 Å². The van der Waals surface area contributed by atoms with Gasteiger partial charge in [0.05, 0.1) is 17.8 Å². The number of hydrogen-bond acceptors (Lipinski definition) is 6. The molecule has 1 heterocycles. The van der Waals surface area contributed by atoms with Crippen molar-refractivity contribution in [1.82, 2.24) is 5.32 Å². The van der Waals surface area contributed by atoms with Crippen LogP contribution in [0.25, 0.3) is 0 Å².